The standard InChI is InChI=1S/C6H7F4NO/c7-5(8)3-11(1-2-12)4-6(5,9)10/h2H,1,3-4H2. The monoisotopic (exact) mass is 185 g/mol. The number of nitrogens with zero attached hydrogens (tertiary/aromatic N) is 1. The van der Waals surface area contributed by atoms with Gasteiger partial charge in [0.15, 0.2) is 0 Å². The highest BCUT2D eigenvalue weighted by Crippen LogP contribution is 2.40. The van der Waals surface area contributed by atoms with E-state index in [4.69, 9.17) is 0 Å². The van der Waals surface area contributed by atoms with Gasteiger partial charge in [-0.1, -0.05) is 0 Å². The molecule has 2 nitrogen and oxygen atoms in total. The van der Waals surface area contributed by atoms with E-state index in [2.05, 4.69) is 0 Å². The maximum absolute atomic E-state index is 12.4. The summed E-state index contributed by atoms with van der Waals surface area (Å²) >= 11 is 0. The topological polar surface area (TPSA) is 20.3 Å². The number of alkyl halides is 4. The van der Waals surface area contributed by atoms with Gasteiger partial charge in [0.25, 0.3) is 0 Å². The van der Waals surface area contributed by atoms with Gasteiger partial charge < -0.3 is 4.79 Å². The summed E-state index contributed by atoms with van der Waals surface area (Å²) < 4.78 is 49.6. The molecule has 70 valence electrons. The van der Waals surface area contributed by atoms with Crippen LogP contribution >= 0.6 is 0 Å². The van der Waals surface area contributed by atoms with Crippen molar-refractivity contribution in [2.45, 2.75) is 11.8 Å². The molecule has 0 aromatic heterocycles. The summed E-state index contributed by atoms with van der Waals surface area (Å²) in [5.74, 6) is -8.01. The molecule has 0 bridgehead atoms. The fourth-order valence-electron chi connectivity index (χ4n) is 1.08. The van der Waals surface area contributed by atoms with Crippen LogP contribution in [-0.2, 0) is 4.79 Å². The Labute approximate surface area is 66.1 Å². The quantitative estimate of drug-likeness (QED) is 0.468. The molecular weight excluding hydrogens is 178 g/mol. The lowest BCUT2D eigenvalue weighted by molar-refractivity contribution is -0.172. The molecule has 1 saturated heterocycles. The zero-order chi connectivity index (χ0) is 9.41. The Bertz CT molecular complexity index is 178. The molecule has 0 aliphatic carbocycles. The summed E-state index contributed by atoms with van der Waals surface area (Å²) in [4.78, 5) is 10.6. The van der Waals surface area contributed by atoms with E-state index in [1.807, 2.05) is 0 Å². The van der Waals surface area contributed by atoms with Gasteiger partial charge in [0.2, 0.25) is 0 Å². The molecule has 0 N–H and O–H groups in total. The molecule has 0 saturated carbocycles. The van der Waals surface area contributed by atoms with E-state index < -0.39 is 24.9 Å². The lowest BCUT2D eigenvalue weighted by Crippen LogP contribution is -2.38. The van der Waals surface area contributed by atoms with Crippen molar-refractivity contribution in [2.75, 3.05) is 19.6 Å². The van der Waals surface area contributed by atoms with E-state index >= 15 is 0 Å². The normalized spacial score (nSPS) is 27.3. The predicted octanol–water partition coefficient (Wildman–Crippen LogP) is 0.772. The predicted molar refractivity (Wildman–Crippen MR) is 32.4 cm³/mol. The second kappa shape index (κ2) is 2.69. The van der Waals surface area contributed by atoms with Crippen molar-refractivity contribution in [2.24, 2.45) is 0 Å². The van der Waals surface area contributed by atoms with Crippen LogP contribution in [0.2, 0.25) is 0 Å². The third-order valence-corrected chi connectivity index (χ3v) is 1.71. The molecule has 1 aliphatic heterocycles. The number of likely N-dealkylation sites (tertiary alicyclic amines) is 1. The summed E-state index contributed by atoms with van der Waals surface area (Å²) in [6.45, 7) is -2.46. The summed E-state index contributed by atoms with van der Waals surface area (Å²) in [5, 5.41) is 0. The molecule has 6 heteroatoms. The first kappa shape index (κ1) is 9.44. The van der Waals surface area contributed by atoms with Gasteiger partial charge in [0.05, 0.1) is 19.6 Å². The van der Waals surface area contributed by atoms with Crippen LogP contribution < -0.4 is 0 Å². The van der Waals surface area contributed by atoms with E-state index in [1.54, 1.807) is 0 Å². The fraction of sp³-hybridized carbons (Fsp3) is 0.833. The zero-order valence-corrected chi connectivity index (χ0v) is 6.07. The van der Waals surface area contributed by atoms with E-state index in [0.717, 1.165) is 4.90 Å². The molecule has 0 atom stereocenters. The number of carbonyl (C=O) groups is 1. The maximum atomic E-state index is 12.4. The Hall–Kier alpha value is -0.650. The van der Waals surface area contributed by atoms with Gasteiger partial charge in [-0.15, -0.1) is 0 Å². The molecule has 0 aromatic rings. The third-order valence-electron chi connectivity index (χ3n) is 1.71. The van der Waals surface area contributed by atoms with Crippen molar-refractivity contribution >= 4 is 6.29 Å². The van der Waals surface area contributed by atoms with Crippen LogP contribution in [-0.4, -0.2) is 42.7 Å². The molecule has 1 rings (SSSR count). The second-order valence-corrected chi connectivity index (χ2v) is 2.75. The van der Waals surface area contributed by atoms with Gasteiger partial charge in [-0.05, 0) is 0 Å². The van der Waals surface area contributed by atoms with E-state index in [0.29, 0.717) is 6.29 Å². The lowest BCUT2D eigenvalue weighted by Gasteiger charge is -2.15. The highest BCUT2D eigenvalue weighted by Gasteiger charge is 2.62. The number of aldehydes is 1. The molecule has 0 radical (unpaired) electrons. The minimum absolute atomic E-state index is 0.331. The molecule has 0 aromatic carbocycles. The van der Waals surface area contributed by atoms with Gasteiger partial charge in [0.1, 0.15) is 6.29 Å². The Balaban J connectivity index is 2.67. The van der Waals surface area contributed by atoms with Crippen molar-refractivity contribution in [1.29, 1.82) is 0 Å². The van der Waals surface area contributed by atoms with Gasteiger partial charge >= 0.3 is 11.8 Å². The average molecular weight is 185 g/mol. The van der Waals surface area contributed by atoms with Crippen molar-refractivity contribution < 1.29 is 22.4 Å². The maximum Gasteiger partial charge on any atom is 0.323 e. The van der Waals surface area contributed by atoms with Crippen LogP contribution in [0.15, 0.2) is 0 Å². The van der Waals surface area contributed by atoms with E-state index in [1.165, 1.54) is 0 Å². The highest BCUT2D eigenvalue weighted by molar-refractivity contribution is 5.52. The van der Waals surface area contributed by atoms with Crippen molar-refractivity contribution in [3.05, 3.63) is 0 Å². The first-order valence-electron chi connectivity index (χ1n) is 3.31. The smallest absolute Gasteiger partial charge is 0.302 e. The van der Waals surface area contributed by atoms with Crippen LogP contribution in [0, 0.1) is 0 Å². The van der Waals surface area contributed by atoms with E-state index in [9.17, 15) is 22.4 Å². The number of halogens is 4. The van der Waals surface area contributed by atoms with Crippen LogP contribution in [0.3, 0.4) is 0 Å². The summed E-state index contributed by atoms with van der Waals surface area (Å²) in [6, 6.07) is 0. The molecule has 0 unspecified atom stereocenters. The molecular formula is C6H7F4NO. The Morgan fingerprint density at radius 1 is 1.17 bits per heavy atom. The first-order chi connectivity index (χ1) is 5.39. The zero-order valence-electron chi connectivity index (χ0n) is 6.07. The van der Waals surface area contributed by atoms with Crippen LogP contribution in [0.25, 0.3) is 0 Å². The number of carbonyl (C=O) groups excluding carboxylic acids is 1. The van der Waals surface area contributed by atoms with Crippen molar-refractivity contribution in [3.63, 3.8) is 0 Å². The minimum Gasteiger partial charge on any atom is -0.302 e. The number of hydrogen-bond acceptors (Lipinski definition) is 2. The molecule has 0 spiro atoms. The second-order valence-electron chi connectivity index (χ2n) is 2.75. The van der Waals surface area contributed by atoms with Gasteiger partial charge in [-0.25, -0.2) is 0 Å². The Kier molecular flexibility index (Phi) is 2.11. The third kappa shape index (κ3) is 1.43. The van der Waals surface area contributed by atoms with Crippen molar-refractivity contribution in [3.8, 4) is 0 Å². The number of hydrogen-bond donors (Lipinski definition) is 0. The van der Waals surface area contributed by atoms with Crippen LogP contribution in [0.1, 0.15) is 0 Å². The highest BCUT2D eigenvalue weighted by atomic mass is 19.3. The first-order valence-corrected chi connectivity index (χ1v) is 3.31. The average Bonchev–Trinajstić information content (AvgIpc) is 2.02. The van der Waals surface area contributed by atoms with Crippen LogP contribution in [0.4, 0.5) is 17.6 Å². The summed E-state index contributed by atoms with van der Waals surface area (Å²) in [6.07, 6.45) is 0.331. The Morgan fingerprint density at radius 3 is 1.92 bits per heavy atom. The van der Waals surface area contributed by atoms with Crippen molar-refractivity contribution in [1.82, 2.24) is 4.90 Å². The lowest BCUT2D eigenvalue weighted by atomic mass is 10.2. The number of rotatable bonds is 2. The molecule has 0 amide bonds. The van der Waals surface area contributed by atoms with E-state index in [-0.39, 0.29) is 6.54 Å². The largest absolute Gasteiger partial charge is 0.323 e. The summed E-state index contributed by atoms with van der Waals surface area (Å²) in [5.41, 5.74) is 0. The Morgan fingerprint density at radius 2 is 1.58 bits per heavy atom. The molecule has 1 fully saturated rings. The SMILES string of the molecule is O=CCN1CC(F)(F)C(F)(F)C1. The molecule has 1 aliphatic rings. The van der Waals surface area contributed by atoms with Gasteiger partial charge in [-0.3, -0.25) is 4.90 Å². The van der Waals surface area contributed by atoms with Gasteiger partial charge in [0, 0.05) is 0 Å². The molecule has 12 heavy (non-hydrogen) atoms. The van der Waals surface area contributed by atoms with Gasteiger partial charge in [-0.2, -0.15) is 17.6 Å². The van der Waals surface area contributed by atoms with Crippen LogP contribution in [0.5, 0.6) is 0 Å². The molecule has 1 heterocycles. The summed E-state index contributed by atoms with van der Waals surface area (Å²) in [7, 11) is 0. The fourth-order valence-corrected chi connectivity index (χ4v) is 1.08. The minimum atomic E-state index is -4.00.